The van der Waals surface area contributed by atoms with E-state index in [1.54, 1.807) is 18.2 Å². The van der Waals surface area contributed by atoms with Crippen molar-refractivity contribution in [2.45, 2.75) is 20.5 Å². The van der Waals surface area contributed by atoms with E-state index in [4.69, 9.17) is 14.2 Å². The summed E-state index contributed by atoms with van der Waals surface area (Å²) in [4.78, 5) is 24.0. The minimum Gasteiger partial charge on any atom is -0.490 e. The quantitative estimate of drug-likeness (QED) is 0.600. The summed E-state index contributed by atoms with van der Waals surface area (Å²) in [5, 5.41) is 2.59. The molecule has 0 unspecified atom stereocenters. The fraction of sp³-hybridized carbons (Fsp3) is 0.300. The molecule has 0 bridgehead atoms. The maximum atomic E-state index is 12.1. The average Bonchev–Trinajstić information content (AvgIpc) is 2.68. The lowest BCUT2D eigenvalue weighted by Gasteiger charge is -2.13. The number of alkyl halides is 2. The number of carbonyl (C=O) groups excluding carboxylic acids is 2. The van der Waals surface area contributed by atoms with Gasteiger partial charge in [0, 0.05) is 11.8 Å². The van der Waals surface area contributed by atoms with Gasteiger partial charge in [-0.05, 0) is 50.2 Å². The van der Waals surface area contributed by atoms with Gasteiger partial charge in [0.2, 0.25) is 0 Å². The van der Waals surface area contributed by atoms with E-state index in [2.05, 4.69) is 10.1 Å². The third-order valence-corrected chi connectivity index (χ3v) is 3.48. The van der Waals surface area contributed by atoms with E-state index < -0.39 is 25.1 Å². The van der Waals surface area contributed by atoms with Crippen LogP contribution in [0.4, 0.5) is 14.5 Å². The second-order valence-electron chi connectivity index (χ2n) is 5.55. The third-order valence-electron chi connectivity index (χ3n) is 3.48. The Bertz CT molecular complexity index is 826. The number of carbonyl (C=O) groups is 2. The Morgan fingerprint density at radius 1 is 0.966 bits per heavy atom. The van der Waals surface area contributed by atoms with Crippen LogP contribution in [0.2, 0.25) is 0 Å². The Labute approximate surface area is 166 Å². The largest absolute Gasteiger partial charge is 0.490 e. The van der Waals surface area contributed by atoms with E-state index in [9.17, 15) is 18.4 Å². The maximum absolute atomic E-state index is 12.1. The fourth-order valence-electron chi connectivity index (χ4n) is 2.31. The van der Waals surface area contributed by atoms with Gasteiger partial charge in [-0.25, -0.2) is 4.79 Å². The standard InChI is InChI=1S/C20H21F2NO6/c1-3-26-16-10-7-14(11-17(16)27-4-2)23-18(24)12-28-19(25)13-5-8-15(9-6-13)29-20(21)22/h5-11,20H,3-4,12H2,1-2H3,(H,23,24). The molecule has 2 aromatic carbocycles. The molecule has 0 atom stereocenters. The highest BCUT2D eigenvalue weighted by molar-refractivity contribution is 5.95. The average molecular weight is 409 g/mol. The molecule has 0 aromatic heterocycles. The fourth-order valence-corrected chi connectivity index (χ4v) is 2.31. The van der Waals surface area contributed by atoms with Gasteiger partial charge in [-0.15, -0.1) is 0 Å². The first kappa shape index (κ1) is 21.9. The van der Waals surface area contributed by atoms with Crippen molar-refractivity contribution in [2.24, 2.45) is 0 Å². The van der Waals surface area contributed by atoms with Gasteiger partial charge >= 0.3 is 12.6 Å². The predicted octanol–water partition coefficient (Wildman–Crippen LogP) is 3.88. The van der Waals surface area contributed by atoms with E-state index in [0.29, 0.717) is 30.4 Å². The Hall–Kier alpha value is -3.36. The van der Waals surface area contributed by atoms with Crippen LogP contribution in [0.15, 0.2) is 42.5 Å². The van der Waals surface area contributed by atoms with Crippen LogP contribution in [-0.4, -0.2) is 38.3 Å². The molecule has 29 heavy (non-hydrogen) atoms. The molecule has 0 spiro atoms. The van der Waals surface area contributed by atoms with Crippen LogP contribution in [0.5, 0.6) is 17.2 Å². The van der Waals surface area contributed by atoms with Crippen LogP contribution < -0.4 is 19.5 Å². The normalized spacial score (nSPS) is 10.4. The number of amides is 1. The Morgan fingerprint density at radius 2 is 1.62 bits per heavy atom. The van der Waals surface area contributed by atoms with Gasteiger partial charge < -0.3 is 24.3 Å². The zero-order valence-electron chi connectivity index (χ0n) is 15.9. The highest BCUT2D eigenvalue weighted by Crippen LogP contribution is 2.30. The van der Waals surface area contributed by atoms with Gasteiger partial charge in [-0.3, -0.25) is 4.79 Å². The first-order valence-corrected chi connectivity index (χ1v) is 8.84. The molecule has 0 heterocycles. The van der Waals surface area contributed by atoms with Crippen LogP contribution in [0.25, 0.3) is 0 Å². The van der Waals surface area contributed by atoms with Crippen LogP contribution in [0.1, 0.15) is 24.2 Å². The molecule has 2 rings (SSSR count). The molecule has 0 saturated carbocycles. The number of hydrogen-bond donors (Lipinski definition) is 1. The molecule has 2 aromatic rings. The number of rotatable bonds is 10. The Morgan fingerprint density at radius 3 is 2.24 bits per heavy atom. The number of halogens is 2. The second-order valence-corrected chi connectivity index (χ2v) is 5.55. The van der Waals surface area contributed by atoms with Crippen molar-refractivity contribution in [3.63, 3.8) is 0 Å². The van der Waals surface area contributed by atoms with Crippen molar-refractivity contribution in [3.8, 4) is 17.2 Å². The summed E-state index contributed by atoms with van der Waals surface area (Å²) in [6.45, 7) is 1.09. The highest BCUT2D eigenvalue weighted by atomic mass is 19.3. The second kappa shape index (κ2) is 10.8. The van der Waals surface area contributed by atoms with Crippen molar-refractivity contribution in [3.05, 3.63) is 48.0 Å². The molecular formula is C20H21F2NO6. The molecular weight excluding hydrogens is 388 g/mol. The van der Waals surface area contributed by atoms with Gasteiger partial charge in [0.05, 0.1) is 18.8 Å². The maximum Gasteiger partial charge on any atom is 0.387 e. The van der Waals surface area contributed by atoms with Gasteiger partial charge in [-0.1, -0.05) is 0 Å². The summed E-state index contributed by atoms with van der Waals surface area (Å²) in [6.07, 6.45) is 0. The summed E-state index contributed by atoms with van der Waals surface area (Å²) >= 11 is 0. The summed E-state index contributed by atoms with van der Waals surface area (Å²) < 4.78 is 44.3. The number of esters is 1. The van der Waals surface area contributed by atoms with Gasteiger partial charge in [0.15, 0.2) is 18.1 Å². The topological polar surface area (TPSA) is 83.1 Å². The number of nitrogens with one attached hydrogen (secondary N) is 1. The molecule has 1 amide bonds. The lowest BCUT2D eigenvalue weighted by Crippen LogP contribution is -2.21. The Kier molecular flexibility index (Phi) is 8.20. The van der Waals surface area contributed by atoms with Crippen LogP contribution in [-0.2, 0) is 9.53 Å². The Balaban J connectivity index is 1.90. The summed E-state index contributed by atoms with van der Waals surface area (Å²) in [5.74, 6) is -0.378. The summed E-state index contributed by atoms with van der Waals surface area (Å²) in [7, 11) is 0. The number of benzene rings is 2. The monoisotopic (exact) mass is 409 g/mol. The number of hydrogen-bond acceptors (Lipinski definition) is 6. The summed E-state index contributed by atoms with van der Waals surface area (Å²) in [5.41, 5.74) is 0.547. The zero-order valence-corrected chi connectivity index (χ0v) is 15.9. The van der Waals surface area contributed by atoms with Crippen LogP contribution >= 0.6 is 0 Å². The molecule has 0 aliphatic carbocycles. The molecule has 0 aliphatic heterocycles. The predicted molar refractivity (Wildman–Crippen MR) is 101 cm³/mol. The van der Waals surface area contributed by atoms with Crippen LogP contribution in [0, 0.1) is 0 Å². The van der Waals surface area contributed by atoms with E-state index in [-0.39, 0.29) is 11.3 Å². The smallest absolute Gasteiger partial charge is 0.387 e. The van der Waals surface area contributed by atoms with E-state index in [1.807, 2.05) is 13.8 Å². The number of ether oxygens (including phenoxy) is 4. The van der Waals surface area contributed by atoms with Crippen LogP contribution in [0.3, 0.4) is 0 Å². The van der Waals surface area contributed by atoms with Gasteiger partial charge in [0.25, 0.3) is 5.91 Å². The molecule has 0 radical (unpaired) electrons. The highest BCUT2D eigenvalue weighted by Gasteiger charge is 2.13. The van der Waals surface area contributed by atoms with E-state index >= 15 is 0 Å². The first-order chi connectivity index (χ1) is 13.9. The molecule has 0 saturated heterocycles. The van der Waals surface area contributed by atoms with Crippen molar-refractivity contribution in [1.29, 1.82) is 0 Å². The van der Waals surface area contributed by atoms with Crippen molar-refractivity contribution in [2.75, 3.05) is 25.1 Å². The lowest BCUT2D eigenvalue weighted by molar-refractivity contribution is -0.119. The van der Waals surface area contributed by atoms with Gasteiger partial charge in [-0.2, -0.15) is 8.78 Å². The van der Waals surface area contributed by atoms with E-state index in [1.165, 1.54) is 24.3 Å². The van der Waals surface area contributed by atoms with E-state index in [0.717, 1.165) is 0 Å². The van der Waals surface area contributed by atoms with Gasteiger partial charge in [0.1, 0.15) is 5.75 Å². The SMILES string of the molecule is CCOc1ccc(NC(=O)COC(=O)c2ccc(OC(F)F)cc2)cc1OCC. The molecule has 9 heteroatoms. The minimum absolute atomic E-state index is 0.0881. The van der Waals surface area contributed by atoms with Crippen molar-refractivity contribution >= 4 is 17.6 Å². The summed E-state index contributed by atoms with van der Waals surface area (Å²) in [6, 6.07) is 9.84. The molecule has 7 nitrogen and oxygen atoms in total. The molecule has 156 valence electrons. The lowest BCUT2D eigenvalue weighted by atomic mass is 10.2. The molecule has 0 fully saturated rings. The first-order valence-electron chi connectivity index (χ1n) is 8.84. The van der Waals surface area contributed by atoms with Crippen molar-refractivity contribution in [1.82, 2.24) is 0 Å². The molecule has 0 aliphatic rings. The molecule has 1 N–H and O–H groups in total. The minimum atomic E-state index is -2.96. The number of anilines is 1. The van der Waals surface area contributed by atoms with Crippen molar-refractivity contribution < 1.29 is 37.3 Å². The third kappa shape index (κ3) is 6.95. The zero-order chi connectivity index (χ0) is 21.2.